The topological polar surface area (TPSA) is 33.5 Å². The first-order valence-corrected chi connectivity index (χ1v) is 6.25. The summed E-state index contributed by atoms with van der Waals surface area (Å²) in [5.74, 6) is 2.07. The summed E-state index contributed by atoms with van der Waals surface area (Å²) in [4.78, 5) is 12.9. The van der Waals surface area contributed by atoms with E-state index in [1.807, 2.05) is 6.07 Å². The number of nitrogens with zero attached hydrogens (tertiary/aromatic N) is 1. The van der Waals surface area contributed by atoms with Crippen LogP contribution >= 0.6 is 0 Å². The zero-order valence-corrected chi connectivity index (χ0v) is 10.9. The third-order valence-corrected chi connectivity index (χ3v) is 3.68. The van der Waals surface area contributed by atoms with Crippen molar-refractivity contribution in [3.05, 3.63) is 23.7 Å². The van der Waals surface area contributed by atoms with Crippen LogP contribution in [0.25, 0.3) is 0 Å². The summed E-state index contributed by atoms with van der Waals surface area (Å²) in [6, 6.07) is 3.63. The van der Waals surface area contributed by atoms with Gasteiger partial charge in [0.05, 0.1) is 6.54 Å². The summed E-state index contributed by atoms with van der Waals surface area (Å²) in [6.45, 7) is 9.98. The van der Waals surface area contributed by atoms with Crippen molar-refractivity contribution < 1.29 is 9.21 Å². The second kappa shape index (κ2) is 4.65. The van der Waals surface area contributed by atoms with Gasteiger partial charge in [-0.15, -0.1) is 0 Å². The highest BCUT2D eigenvalue weighted by atomic mass is 16.3. The second-order valence-corrected chi connectivity index (χ2v) is 6.01. The maximum absolute atomic E-state index is 10.5. The van der Waals surface area contributed by atoms with Gasteiger partial charge in [0.2, 0.25) is 0 Å². The van der Waals surface area contributed by atoms with Gasteiger partial charge < -0.3 is 4.42 Å². The minimum atomic E-state index is 0.381. The standard InChI is InChI=1S/C14H21NO2/c1-14(2,3)11-6-7-15(8-11)9-12-4-5-13(10-16)17-12/h4-5,10-11H,6-9H2,1-3H3. The van der Waals surface area contributed by atoms with Crippen LogP contribution in [0.5, 0.6) is 0 Å². The van der Waals surface area contributed by atoms with Gasteiger partial charge in [-0.1, -0.05) is 20.8 Å². The van der Waals surface area contributed by atoms with Crippen LogP contribution in [0.4, 0.5) is 0 Å². The summed E-state index contributed by atoms with van der Waals surface area (Å²) in [5, 5.41) is 0. The molecule has 2 heterocycles. The average molecular weight is 235 g/mol. The minimum Gasteiger partial charge on any atom is -0.457 e. The molecule has 2 rings (SSSR count). The van der Waals surface area contributed by atoms with Crippen LogP contribution in [-0.4, -0.2) is 24.3 Å². The highest BCUT2D eigenvalue weighted by molar-refractivity contribution is 5.70. The minimum absolute atomic E-state index is 0.381. The lowest BCUT2D eigenvalue weighted by Gasteiger charge is -2.26. The molecule has 1 saturated heterocycles. The number of carbonyl (C=O) groups excluding carboxylic acids is 1. The van der Waals surface area contributed by atoms with Crippen molar-refractivity contribution in [2.45, 2.75) is 33.7 Å². The van der Waals surface area contributed by atoms with Gasteiger partial charge in [-0.05, 0) is 36.4 Å². The molecule has 3 heteroatoms. The summed E-state index contributed by atoms with van der Waals surface area (Å²) in [5.41, 5.74) is 0.381. The molecule has 1 aliphatic rings. The molecule has 0 N–H and O–H groups in total. The van der Waals surface area contributed by atoms with Crippen LogP contribution < -0.4 is 0 Å². The predicted octanol–water partition coefficient (Wildman–Crippen LogP) is 2.96. The van der Waals surface area contributed by atoms with E-state index in [0.717, 1.165) is 37.6 Å². The number of furan rings is 1. The number of likely N-dealkylation sites (tertiary alicyclic amines) is 1. The van der Waals surface area contributed by atoms with Crippen molar-refractivity contribution >= 4 is 6.29 Å². The Kier molecular flexibility index (Phi) is 3.38. The first-order chi connectivity index (χ1) is 7.99. The maximum Gasteiger partial charge on any atom is 0.185 e. The quantitative estimate of drug-likeness (QED) is 0.755. The van der Waals surface area contributed by atoms with E-state index < -0.39 is 0 Å². The lowest BCUT2D eigenvalue weighted by Crippen LogP contribution is -2.25. The van der Waals surface area contributed by atoms with Gasteiger partial charge in [0, 0.05) is 6.54 Å². The molecule has 1 fully saturated rings. The largest absolute Gasteiger partial charge is 0.457 e. The Balaban J connectivity index is 1.91. The van der Waals surface area contributed by atoms with Gasteiger partial charge in [0.15, 0.2) is 12.0 Å². The monoisotopic (exact) mass is 235 g/mol. The Morgan fingerprint density at radius 3 is 2.76 bits per heavy atom. The van der Waals surface area contributed by atoms with E-state index in [-0.39, 0.29) is 0 Å². The van der Waals surface area contributed by atoms with Crippen molar-refractivity contribution in [1.29, 1.82) is 0 Å². The normalized spacial score (nSPS) is 21.9. The van der Waals surface area contributed by atoms with Crippen LogP contribution in [0.15, 0.2) is 16.5 Å². The number of carbonyl (C=O) groups is 1. The van der Waals surface area contributed by atoms with Crippen LogP contribution in [-0.2, 0) is 6.54 Å². The van der Waals surface area contributed by atoms with Crippen LogP contribution in [0.3, 0.4) is 0 Å². The van der Waals surface area contributed by atoms with E-state index >= 15 is 0 Å². The zero-order chi connectivity index (χ0) is 12.5. The van der Waals surface area contributed by atoms with Gasteiger partial charge in [-0.2, -0.15) is 0 Å². The molecule has 1 aromatic rings. The Hall–Kier alpha value is -1.09. The van der Waals surface area contributed by atoms with Gasteiger partial charge in [0.1, 0.15) is 5.76 Å². The Labute approximate surface area is 103 Å². The van der Waals surface area contributed by atoms with E-state index in [9.17, 15) is 4.79 Å². The zero-order valence-electron chi connectivity index (χ0n) is 10.9. The molecule has 0 spiro atoms. The average Bonchev–Trinajstić information content (AvgIpc) is 2.86. The summed E-state index contributed by atoms with van der Waals surface area (Å²) >= 11 is 0. The number of rotatable bonds is 3. The third kappa shape index (κ3) is 2.97. The molecule has 1 aromatic heterocycles. The van der Waals surface area contributed by atoms with Gasteiger partial charge in [-0.3, -0.25) is 9.69 Å². The Morgan fingerprint density at radius 1 is 1.47 bits per heavy atom. The molecule has 0 bridgehead atoms. The highest BCUT2D eigenvalue weighted by Gasteiger charge is 2.31. The number of hydrogen-bond acceptors (Lipinski definition) is 3. The van der Waals surface area contributed by atoms with Crippen molar-refractivity contribution in [3.8, 4) is 0 Å². The fourth-order valence-corrected chi connectivity index (χ4v) is 2.45. The first kappa shape index (κ1) is 12.4. The predicted molar refractivity (Wildman–Crippen MR) is 66.9 cm³/mol. The van der Waals surface area contributed by atoms with Crippen LogP contribution in [0.1, 0.15) is 43.5 Å². The Morgan fingerprint density at radius 2 is 2.24 bits per heavy atom. The van der Waals surface area contributed by atoms with E-state index in [0.29, 0.717) is 11.2 Å². The van der Waals surface area contributed by atoms with E-state index in [2.05, 4.69) is 25.7 Å². The molecule has 0 radical (unpaired) electrons. The molecule has 17 heavy (non-hydrogen) atoms. The lowest BCUT2D eigenvalue weighted by molar-refractivity contribution is 0.109. The molecule has 1 atom stereocenters. The van der Waals surface area contributed by atoms with Crippen molar-refractivity contribution in [3.63, 3.8) is 0 Å². The van der Waals surface area contributed by atoms with Crippen LogP contribution in [0, 0.1) is 11.3 Å². The summed E-state index contributed by atoms with van der Waals surface area (Å²) in [6.07, 6.45) is 2.01. The van der Waals surface area contributed by atoms with Crippen molar-refractivity contribution in [2.75, 3.05) is 13.1 Å². The van der Waals surface area contributed by atoms with Gasteiger partial charge in [-0.25, -0.2) is 0 Å². The molecule has 0 aromatic carbocycles. The molecule has 1 aliphatic heterocycles. The molecule has 0 saturated carbocycles. The fourth-order valence-electron chi connectivity index (χ4n) is 2.45. The van der Waals surface area contributed by atoms with Gasteiger partial charge >= 0.3 is 0 Å². The van der Waals surface area contributed by atoms with E-state index in [4.69, 9.17) is 4.42 Å². The molecule has 3 nitrogen and oxygen atoms in total. The number of hydrogen-bond donors (Lipinski definition) is 0. The lowest BCUT2D eigenvalue weighted by atomic mass is 9.80. The molecule has 1 unspecified atom stereocenters. The Bertz CT molecular complexity index is 389. The second-order valence-electron chi connectivity index (χ2n) is 6.01. The van der Waals surface area contributed by atoms with Crippen molar-refractivity contribution in [2.24, 2.45) is 11.3 Å². The molecule has 0 amide bonds. The SMILES string of the molecule is CC(C)(C)C1CCN(Cc2ccc(C=O)o2)C1. The first-order valence-electron chi connectivity index (χ1n) is 6.25. The van der Waals surface area contributed by atoms with E-state index in [1.54, 1.807) is 6.07 Å². The summed E-state index contributed by atoms with van der Waals surface area (Å²) in [7, 11) is 0. The number of aldehydes is 1. The van der Waals surface area contributed by atoms with Gasteiger partial charge in [0.25, 0.3) is 0 Å². The molecular weight excluding hydrogens is 214 g/mol. The maximum atomic E-state index is 10.5. The molecule has 0 aliphatic carbocycles. The summed E-state index contributed by atoms with van der Waals surface area (Å²) < 4.78 is 5.41. The third-order valence-electron chi connectivity index (χ3n) is 3.68. The van der Waals surface area contributed by atoms with Crippen molar-refractivity contribution in [1.82, 2.24) is 4.90 Å². The molecular formula is C14H21NO2. The van der Waals surface area contributed by atoms with E-state index in [1.165, 1.54) is 6.42 Å². The van der Waals surface area contributed by atoms with Crippen LogP contribution in [0.2, 0.25) is 0 Å². The fraction of sp³-hybridized carbons (Fsp3) is 0.643. The smallest absolute Gasteiger partial charge is 0.185 e. The highest BCUT2D eigenvalue weighted by Crippen LogP contribution is 2.34. The molecule has 94 valence electrons.